The summed E-state index contributed by atoms with van der Waals surface area (Å²) in [6.45, 7) is 2.58. The second-order valence-electron chi connectivity index (χ2n) is 7.10. The van der Waals surface area contributed by atoms with E-state index < -0.39 is 10.0 Å². The Morgan fingerprint density at radius 2 is 1.89 bits per heavy atom. The number of carbonyl (C=O) groups excluding carboxylic acids is 1. The molecule has 1 atom stereocenters. The zero-order chi connectivity index (χ0) is 20.3. The molecule has 0 bridgehead atoms. The van der Waals surface area contributed by atoms with Crippen LogP contribution in [0.3, 0.4) is 0 Å². The fraction of sp³-hybridized carbons (Fsp3) is 0.350. The Morgan fingerprint density at radius 1 is 1.21 bits per heavy atom. The standard InChI is InChI=1S/C20H24BrN3O3S/c1-14(24(2)18-10-11-18)13-22-20(25)15-4-3-5-19(12-15)28(26,27)23-17-8-6-16(21)7-9-17/h3-9,12,14,18,23H,10-11,13H2,1-2H3,(H,22,25). The highest BCUT2D eigenvalue weighted by Crippen LogP contribution is 2.26. The lowest BCUT2D eigenvalue weighted by Gasteiger charge is -2.24. The molecule has 0 aromatic heterocycles. The average molecular weight is 466 g/mol. The molecule has 3 rings (SSSR count). The summed E-state index contributed by atoms with van der Waals surface area (Å²) >= 11 is 3.32. The number of hydrogen-bond acceptors (Lipinski definition) is 4. The second kappa shape index (κ2) is 8.63. The van der Waals surface area contributed by atoms with Gasteiger partial charge in [-0.25, -0.2) is 8.42 Å². The lowest BCUT2D eigenvalue weighted by molar-refractivity contribution is 0.0939. The van der Waals surface area contributed by atoms with Gasteiger partial charge in [-0.15, -0.1) is 0 Å². The first kappa shape index (κ1) is 20.8. The number of amides is 1. The molecule has 28 heavy (non-hydrogen) atoms. The number of nitrogens with one attached hydrogen (secondary N) is 2. The molecule has 2 aromatic carbocycles. The van der Waals surface area contributed by atoms with Crippen molar-refractivity contribution >= 4 is 37.5 Å². The van der Waals surface area contributed by atoms with Crippen LogP contribution in [0.2, 0.25) is 0 Å². The van der Waals surface area contributed by atoms with Crippen molar-refractivity contribution in [1.82, 2.24) is 10.2 Å². The number of halogens is 1. The fourth-order valence-electron chi connectivity index (χ4n) is 2.86. The van der Waals surface area contributed by atoms with Crippen LogP contribution in [-0.4, -0.2) is 44.9 Å². The van der Waals surface area contributed by atoms with E-state index in [1.807, 2.05) is 0 Å². The van der Waals surface area contributed by atoms with Gasteiger partial charge < -0.3 is 5.32 Å². The number of sulfonamides is 1. The molecule has 1 aliphatic carbocycles. The van der Waals surface area contributed by atoms with Crippen molar-refractivity contribution in [3.05, 3.63) is 58.6 Å². The summed E-state index contributed by atoms with van der Waals surface area (Å²) in [5.74, 6) is -0.281. The fourth-order valence-corrected chi connectivity index (χ4v) is 4.23. The first-order valence-electron chi connectivity index (χ1n) is 9.15. The van der Waals surface area contributed by atoms with Gasteiger partial charge in [-0.3, -0.25) is 14.4 Å². The molecule has 0 aliphatic heterocycles. The lowest BCUT2D eigenvalue weighted by atomic mass is 10.2. The van der Waals surface area contributed by atoms with Gasteiger partial charge in [0.15, 0.2) is 0 Å². The maximum Gasteiger partial charge on any atom is 0.261 e. The van der Waals surface area contributed by atoms with E-state index in [1.54, 1.807) is 36.4 Å². The lowest BCUT2D eigenvalue weighted by Crippen LogP contribution is -2.41. The molecule has 1 aliphatic rings. The van der Waals surface area contributed by atoms with E-state index in [4.69, 9.17) is 0 Å². The van der Waals surface area contributed by atoms with Crippen LogP contribution in [0.15, 0.2) is 57.9 Å². The Kier molecular flexibility index (Phi) is 6.42. The van der Waals surface area contributed by atoms with Gasteiger partial charge in [0.2, 0.25) is 0 Å². The largest absolute Gasteiger partial charge is 0.350 e. The minimum atomic E-state index is -3.78. The van der Waals surface area contributed by atoms with Gasteiger partial charge in [0.05, 0.1) is 4.90 Å². The number of carbonyl (C=O) groups is 1. The van der Waals surface area contributed by atoms with Gasteiger partial charge >= 0.3 is 0 Å². The van der Waals surface area contributed by atoms with Crippen LogP contribution in [0.4, 0.5) is 5.69 Å². The minimum Gasteiger partial charge on any atom is -0.350 e. The van der Waals surface area contributed by atoms with Crippen molar-refractivity contribution in [2.24, 2.45) is 0 Å². The van der Waals surface area contributed by atoms with Crippen LogP contribution < -0.4 is 10.0 Å². The van der Waals surface area contributed by atoms with Crippen LogP contribution in [-0.2, 0) is 10.0 Å². The third-order valence-corrected chi connectivity index (χ3v) is 6.79. The van der Waals surface area contributed by atoms with Crippen molar-refractivity contribution in [3.63, 3.8) is 0 Å². The topological polar surface area (TPSA) is 78.5 Å². The molecule has 6 nitrogen and oxygen atoms in total. The van der Waals surface area contributed by atoms with Crippen LogP contribution in [0.5, 0.6) is 0 Å². The molecule has 0 saturated heterocycles. The van der Waals surface area contributed by atoms with E-state index in [0.717, 1.165) is 4.47 Å². The summed E-state index contributed by atoms with van der Waals surface area (Å²) in [6.07, 6.45) is 2.42. The summed E-state index contributed by atoms with van der Waals surface area (Å²) in [4.78, 5) is 14.8. The number of nitrogens with zero attached hydrogens (tertiary/aromatic N) is 1. The van der Waals surface area contributed by atoms with Crippen LogP contribution in [0.25, 0.3) is 0 Å². The Bertz CT molecular complexity index is 943. The molecule has 2 N–H and O–H groups in total. The summed E-state index contributed by atoms with van der Waals surface area (Å²) in [6, 6.07) is 13.7. The molecule has 1 saturated carbocycles. The highest BCUT2D eigenvalue weighted by Gasteiger charge is 2.29. The van der Waals surface area contributed by atoms with Gasteiger partial charge in [0.1, 0.15) is 0 Å². The Labute approximate surface area is 174 Å². The van der Waals surface area contributed by atoms with Crippen molar-refractivity contribution in [1.29, 1.82) is 0 Å². The van der Waals surface area contributed by atoms with Gasteiger partial charge in [-0.05, 0) is 69.3 Å². The summed E-state index contributed by atoms with van der Waals surface area (Å²) in [5, 5.41) is 2.90. The molecule has 8 heteroatoms. The van der Waals surface area contributed by atoms with E-state index >= 15 is 0 Å². The zero-order valence-electron chi connectivity index (χ0n) is 15.9. The summed E-state index contributed by atoms with van der Waals surface area (Å²) in [7, 11) is -1.72. The smallest absolute Gasteiger partial charge is 0.261 e. The molecule has 150 valence electrons. The molecule has 0 spiro atoms. The van der Waals surface area contributed by atoms with Crippen molar-refractivity contribution in [2.45, 2.75) is 36.7 Å². The number of likely N-dealkylation sites (N-methyl/N-ethyl adjacent to an activating group) is 1. The minimum absolute atomic E-state index is 0.0474. The summed E-state index contributed by atoms with van der Waals surface area (Å²) in [5.41, 5.74) is 0.773. The van der Waals surface area contributed by atoms with E-state index in [9.17, 15) is 13.2 Å². The maximum atomic E-state index is 12.6. The molecule has 0 radical (unpaired) electrons. The highest BCUT2D eigenvalue weighted by molar-refractivity contribution is 9.10. The quantitative estimate of drug-likeness (QED) is 0.625. The third kappa shape index (κ3) is 5.33. The van der Waals surface area contributed by atoms with Crippen molar-refractivity contribution in [3.8, 4) is 0 Å². The second-order valence-corrected chi connectivity index (χ2v) is 9.69. The Balaban J connectivity index is 1.66. The van der Waals surface area contributed by atoms with Crippen LogP contribution in [0, 0.1) is 0 Å². The van der Waals surface area contributed by atoms with Crippen LogP contribution in [0.1, 0.15) is 30.1 Å². The molecule has 0 heterocycles. The first-order chi connectivity index (χ1) is 13.3. The van der Waals surface area contributed by atoms with E-state index in [1.165, 1.54) is 25.0 Å². The number of benzene rings is 2. The SMILES string of the molecule is CC(CNC(=O)c1cccc(S(=O)(=O)Nc2ccc(Br)cc2)c1)N(C)C1CC1. The molecule has 2 aromatic rings. The van der Waals surface area contributed by atoms with E-state index in [2.05, 4.69) is 44.8 Å². The maximum absolute atomic E-state index is 12.6. The van der Waals surface area contributed by atoms with Gasteiger partial charge in [0.25, 0.3) is 15.9 Å². The van der Waals surface area contributed by atoms with Gasteiger partial charge in [-0.1, -0.05) is 22.0 Å². The van der Waals surface area contributed by atoms with E-state index in [-0.39, 0.29) is 16.8 Å². The third-order valence-electron chi connectivity index (χ3n) is 4.88. The van der Waals surface area contributed by atoms with Crippen molar-refractivity contribution in [2.75, 3.05) is 18.3 Å². The Morgan fingerprint density at radius 3 is 2.54 bits per heavy atom. The molecule has 1 fully saturated rings. The normalized spacial score (nSPS) is 15.3. The number of anilines is 1. The Hall–Kier alpha value is -1.90. The predicted molar refractivity (Wildman–Crippen MR) is 114 cm³/mol. The van der Waals surface area contributed by atoms with Crippen molar-refractivity contribution < 1.29 is 13.2 Å². The molecule has 1 unspecified atom stereocenters. The van der Waals surface area contributed by atoms with Gasteiger partial charge in [-0.2, -0.15) is 0 Å². The first-order valence-corrected chi connectivity index (χ1v) is 11.4. The zero-order valence-corrected chi connectivity index (χ0v) is 18.3. The number of rotatable bonds is 8. The predicted octanol–water partition coefficient (Wildman–Crippen LogP) is 3.46. The molecular weight excluding hydrogens is 442 g/mol. The molecular formula is C20H24BrN3O3S. The van der Waals surface area contributed by atoms with E-state index in [0.29, 0.717) is 23.8 Å². The monoisotopic (exact) mass is 465 g/mol. The molecule has 1 amide bonds. The number of hydrogen-bond donors (Lipinski definition) is 2. The highest BCUT2D eigenvalue weighted by atomic mass is 79.9. The van der Waals surface area contributed by atoms with Gasteiger partial charge in [0, 0.05) is 34.4 Å². The average Bonchev–Trinajstić information content (AvgIpc) is 3.52. The summed E-state index contributed by atoms with van der Waals surface area (Å²) < 4.78 is 28.7. The van der Waals surface area contributed by atoms with Crippen LogP contribution >= 0.6 is 15.9 Å².